The van der Waals surface area contributed by atoms with Crippen molar-refractivity contribution in [3.8, 4) is 0 Å². The highest BCUT2D eigenvalue weighted by atomic mass is 16.2. The van der Waals surface area contributed by atoms with Crippen LogP contribution in [0.25, 0.3) is 0 Å². The zero-order chi connectivity index (χ0) is 17.1. The molecule has 1 amide bonds. The van der Waals surface area contributed by atoms with Gasteiger partial charge in [-0.1, -0.05) is 25.5 Å². The normalized spacial score (nSPS) is 18.0. The Morgan fingerprint density at radius 3 is 2.62 bits per heavy atom. The molecule has 2 aromatic rings. The van der Waals surface area contributed by atoms with E-state index in [1.165, 1.54) is 5.56 Å². The van der Waals surface area contributed by atoms with Gasteiger partial charge in [0, 0.05) is 18.7 Å². The van der Waals surface area contributed by atoms with Gasteiger partial charge in [0.25, 0.3) is 5.91 Å². The highest BCUT2D eigenvalue weighted by Gasteiger charge is 2.27. The highest BCUT2D eigenvalue weighted by molar-refractivity contribution is 5.94. The van der Waals surface area contributed by atoms with Gasteiger partial charge in [0.05, 0.1) is 6.04 Å². The second kappa shape index (κ2) is 7.16. The van der Waals surface area contributed by atoms with Gasteiger partial charge < -0.3 is 4.90 Å². The van der Waals surface area contributed by atoms with E-state index in [-0.39, 0.29) is 11.9 Å². The smallest absolute Gasteiger partial charge is 0.253 e. The fourth-order valence-electron chi connectivity index (χ4n) is 3.51. The number of piperidine rings is 1. The first-order chi connectivity index (χ1) is 11.6. The number of aromatic nitrogens is 3. The van der Waals surface area contributed by atoms with E-state index in [0.717, 1.165) is 49.4 Å². The van der Waals surface area contributed by atoms with E-state index in [9.17, 15) is 4.79 Å². The molecule has 1 saturated heterocycles. The molecule has 0 radical (unpaired) electrons. The fourth-order valence-corrected chi connectivity index (χ4v) is 3.51. The predicted octanol–water partition coefficient (Wildman–Crippen LogP) is 3.32. The number of hydrogen-bond donors (Lipinski definition) is 0. The maximum absolute atomic E-state index is 12.8. The first kappa shape index (κ1) is 16.7. The number of amides is 1. The van der Waals surface area contributed by atoms with Crippen molar-refractivity contribution in [2.24, 2.45) is 0 Å². The quantitative estimate of drug-likeness (QED) is 0.866. The van der Waals surface area contributed by atoms with Crippen LogP contribution in [0.5, 0.6) is 0 Å². The monoisotopic (exact) mass is 326 g/mol. The minimum absolute atomic E-state index is 0.122. The summed E-state index contributed by atoms with van der Waals surface area (Å²) in [5, 5.41) is 4.50. The third-order valence-electron chi connectivity index (χ3n) is 4.68. The van der Waals surface area contributed by atoms with Crippen LogP contribution < -0.4 is 0 Å². The molecule has 24 heavy (non-hydrogen) atoms. The van der Waals surface area contributed by atoms with E-state index in [1.54, 1.807) is 0 Å². The molecule has 1 atom stereocenters. The Morgan fingerprint density at radius 1 is 1.25 bits per heavy atom. The van der Waals surface area contributed by atoms with Crippen LogP contribution in [0.2, 0.25) is 0 Å². The molecule has 0 N–H and O–H groups in total. The largest absolute Gasteiger partial charge is 0.337 e. The van der Waals surface area contributed by atoms with Gasteiger partial charge >= 0.3 is 0 Å². The van der Waals surface area contributed by atoms with Crippen molar-refractivity contribution in [1.29, 1.82) is 0 Å². The minimum atomic E-state index is 0.122. The second-order valence-corrected chi connectivity index (χ2v) is 6.64. The number of likely N-dealkylation sites (tertiary alicyclic amines) is 1. The lowest BCUT2D eigenvalue weighted by Gasteiger charge is -2.33. The lowest BCUT2D eigenvalue weighted by Crippen LogP contribution is -2.41. The van der Waals surface area contributed by atoms with Gasteiger partial charge in [-0.2, -0.15) is 5.10 Å². The van der Waals surface area contributed by atoms with Crippen molar-refractivity contribution in [2.45, 2.75) is 52.5 Å². The van der Waals surface area contributed by atoms with Crippen molar-refractivity contribution in [3.05, 3.63) is 47.0 Å². The zero-order valence-corrected chi connectivity index (χ0v) is 14.8. The molecule has 0 saturated carbocycles. The molecule has 1 aromatic heterocycles. The van der Waals surface area contributed by atoms with Crippen LogP contribution in [0.3, 0.4) is 0 Å². The van der Waals surface area contributed by atoms with Crippen LogP contribution in [-0.4, -0.2) is 38.7 Å². The molecule has 5 nitrogen and oxygen atoms in total. The van der Waals surface area contributed by atoms with Gasteiger partial charge in [0.1, 0.15) is 11.6 Å². The van der Waals surface area contributed by atoms with Gasteiger partial charge in [0.15, 0.2) is 0 Å². The van der Waals surface area contributed by atoms with Crippen LogP contribution in [0, 0.1) is 13.8 Å². The van der Waals surface area contributed by atoms with Crippen molar-refractivity contribution in [2.75, 3.05) is 13.1 Å². The first-order valence-electron chi connectivity index (χ1n) is 8.86. The molecule has 1 unspecified atom stereocenters. The molecule has 128 valence electrons. The SMILES string of the molecule is CCCc1ccc(C(=O)N2CCCC(n3nc(C)nc3C)C2)cc1. The third kappa shape index (κ3) is 3.50. The van der Waals surface area contributed by atoms with Crippen LogP contribution in [-0.2, 0) is 6.42 Å². The molecular formula is C19H26N4O. The van der Waals surface area contributed by atoms with E-state index in [0.29, 0.717) is 6.54 Å². The fraction of sp³-hybridized carbons (Fsp3) is 0.526. The first-order valence-corrected chi connectivity index (χ1v) is 8.86. The summed E-state index contributed by atoms with van der Waals surface area (Å²) in [5.74, 6) is 1.84. The van der Waals surface area contributed by atoms with Gasteiger partial charge in [0.2, 0.25) is 0 Å². The second-order valence-electron chi connectivity index (χ2n) is 6.64. The summed E-state index contributed by atoms with van der Waals surface area (Å²) in [5.41, 5.74) is 2.07. The molecule has 3 rings (SSSR count). The van der Waals surface area contributed by atoms with E-state index < -0.39 is 0 Å². The molecule has 5 heteroatoms. The maximum Gasteiger partial charge on any atom is 0.253 e. The Bertz CT molecular complexity index is 705. The Hall–Kier alpha value is -2.17. The third-order valence-corrected chi connectivity index (χ3v) is 4.68. The topological polar surface area (TPSA) is 51.0 Å². The van der Waals surface area contributed by atoms with Crippen LogP contribution in [0.4, 0.5) is 0 Å². The van der Waals surface area contributed by atoms with Crippen molar-refractivity contribution < 1.29 is 4.79 Å². The number of nitrogens with zero attached hydrogens (tertiary/aromatic N) is 4. The van der Waals surface area contributed by atoms with Crippen molar-refractivity contribution >= 4 is 5.91 Å². The summed E-state index contributed by atoms with van der Waals surface area (Å²) in [6.45, 7) is 7.58. The van der Waals surface area contributed by atoms with E-state index in [4.69, 9.17) is 0 Å². The summed E-state index contributed by atoms with van der Waals surface area (Å²) in [6, 6.07) is 8.29. The minimum Gasteiger partial charge on any atom is -0.337 e. The molecule has 1 aliphatic heterocycles. The summed E-state index contributed by atoms with van der Waals surface area (Å²) in [4.78, 5) is 19.2. The Kier molecular flexibility index (Phi) is 4.97. The number of carbonyl (C=O) groups excluding carboxylic acids is 1. The molecule has 0 spiro atoms. The van der Waals surface area contributed by atoms with Gasteiger partial charge in [-0.15, -0.1) is 0 Å². The van der Waals surface area contributed by atoms with Crippen LogP contribution in [0.15, 0.2) is 24.3 Å². The average Bonchev–Trinajstić information content (AvgIpc) is 2.94. The lowest BCUT2D eigenvalue weighted by molar-refractivity contribution is 0.0671. The number of benzene rings is 1. The van der Waals surface area contributed by atoms with Crippen molar-refractivity contribution in [3.63, 3.8) is 0 Å². The number of carbonyl (C=O) groups is 1. The molecule has 1 fully saturated rings. The summed E-state index contributed by atoms with van der Waals surface area (Å²) in [6.07, 6.45) is 4.23. The molecule has 0 aliphatic carbocycles. The number of rotatable bonds is 4. The van der Waals surface area contributed by atoms with Gasteiger partial charge in [-0.3, -0.25) is 4.79 Å². The average molecular weight is 326 g/mol. The zero-order valence-electron chi connectivity index (χ0n) is 14.8. The maximum atomic E-state index is 12.8. The van der Waals surface area contributed by atoms with E-state index in [2.05, 4.69) is 29.1 Å². The predicted molar refractivity (Wildman–Crippen MR) is 94.1 cm³/mol. The summed E-state index contributed by atoms with van der Waals surface area (Å²) >= 11 is 0. The Labute approximate surface area is 143 Å². The summed E-state index contributed by atoms with van der Waals surface area (Å²) in [7, 11) is 0. The van der Waals surface area contributed by atoms with Crippen molar-refractivity contribution in [1.82, 2.24) is 19.7 Å². The molecule has 0 bridgehead atoms. The number of aryl methyl sites for hydroxylation is 3. The highest BCUT2D eigenvalue weighted by Crippen LogP contribution is 2.23. The van der Waals surface area contributed by atoms with E-state index >= 15 is 0 Å². The van der Waals surface area contributed by atoms with Gasteiger partial charge in [-0.25, -0.2) is 9.67 Å². The lowest BCUT2D eigenvalue weighted by atomic mass is 10.0. The Morgan fingerprint density at radius 2 is 2.00 bits per heavy atom. The standard InChI is InChI=1S/C19H26N4O/c1-4-6-16-8-10-17(11-9-16)19(24)22-12-5-7-18(13-22)23-15(3)20-14(2)21-23/h8-11,18H,4-7,12-13H2,1-3H3. The Balaban J connectivity index is 1.72. The van der Waals surface area contributed by atoms with Crippen LogP contribution >= 0.6 is 0 Å². The van der Waals surface area contributed by atoms with Crippen LogP contribution in [0.1, 0.15) is 59.8 Å². The molecule has 2 heterocycles. The molecular weight excluding hydrogens is 300 g/mol. The molecule has 1 aliphatic rings. The van der Waals surface area contributed by atoms with Gasteiger partial charge in [-0.05, 0) is 50.8 Å². The van der Waals surface area contributed by atoms with E-state index in [1.807, 2.05) is 35.6 Å². The summed E-state index contributed by atoms with van der Waals surface area (Å²) < 4.78 is 1.99. The molecule has 1 aromatic carbocycles. The number of hydrogen-bond acceptors (Lipinski definition) is 3.